The molecule has 1 N–H and O–H groups in total. The van der Waals surface area contributed by atoms with Gasteiger partial charge in [-0.25, -0.2) is 14.5 Å². The number of carbonyl (C=O) groups is 2. The van der Waals surface area contributed by atoms with E-state index in [9.17, 15) is 18.4 Å². The third-order valence-corrected chi connectivity index (χ3v) is 5.80. The Morgan fingerprint density at radius 1 is 0.949 bits per heavy atom. The number of alkyl halides is 2. The maximum absolute atomic E-state index is 13.3. The van der Waals surface area contributed by atoms with Gasteiger partial charge >= 0.3 is 12.6 Å². The number of benzene rings is 3. The molecule has 2 aromatic heterocycles. The van der Waals surface area contributed by atoms with E-state index in [0.717, 1.165) is 11.3 Å². The van der Waals surface area contributed by atoms with Crippen LogP contribution in [0.1, 0.15) is 16.1 Å². The Hall–Kier alpha value is -5.12. The Morgan fingerprint density at radius 3 is 2.28 bits per heavy atom. The lowest BCUT2D eigenvalue weighted by molar-refractivity contribution is -0.119. The molecule has 0 unspecified atom stereocenters. The van der Waals surface area contributed by atoms with Crippen LogP contribution in [0.25, 0.3) is 28.0 Å². The van der Waals surface area contributed by atoms with Crippen LogP contribution in [-0.4, -0.2) is 39.9 Å². The minimum atomic E-state index is -2.95. The van der Waals surface area contributed by atoms with E-state index in [0.29, 0.717) is 28.1 Å². The van der Waals surface area contributed by atoms with Crippen LogP contribution < -0.4 is 10.1 Å². The van der Waals surface area contributed by atoms with Gasteiger partial charge in [-0.3, -0.25) is 4.79 Å². The zero-order valence-corrected chi connectivity index (χ0v) is 20.7. The van der Waals surface area contributed by atoms with Gasteiger partial charge in [0.25, 0.3) is 5.91 Å². The van der Waals surface area contributed by atoms with Gasteiger partial charge < -0.3 is 14.8 Å². The second kappa shape index (κ2) is 11.1. The third-order valence-electron chi connectivity index (χ3n) is 5.80. The molecule has 0 bridgehead atoms. The van der Waals surface area contributed by atoms with E-state index < -0.39 is 25.1 Å². The quantitative estimate of drug-likeness (QED) is 0.256. The van der Waals surface area contributed by atoms with E-state index >= 15 is 0 Å². The fraction of sp³-hybridized carbons (Fsp3) is 0.103. The minimum absolute atomic E-state index is 0.0447. The standard InChI is InChI=1S/C29H22F2N4O4/c1-18-26-23(28(37)38-17-25(36)32-20-12-14-22(15-13-20)39-29(30)31)16-24(19-8-4-2-5-9-19)33-27(26)35(34-18)21-10-6-3-7-11-21/h2-16,29H,17H2,1H3,(H,32,36). The van der Waals surface area contributed by atoms with E-state index in [4.69, 9.17) is 9.72 Å². The summed E-state index contributed by atoms with van der Waals surface area (Å²) in [5.41, 5.74) is 3.71. The van der Waals surface area contributed by atoms with Crippen molar-refractivity contribution in [2.75, 3.05) is 11.9 Å². The molecule has 5 rings (SSSR count). The van der Waals surface area contributed by atoms with Crippen molar-refractivity contribution in [2.24, 2.45) is 0 Å². The summed E-state index contributed by atoms with van der Waals surface area (Å²) in [5, 5.41) is 7.69. The average Bonchev–Trinajstić information content (AvgIpc) is 3.29. The highest BCUT2D eigenvalue weighted by Crippen LogP contribution is 2.29. The molecular weight excluding hydrogens is 506 g/mol. The predicted molar refractivity (Wildman–Crippen MR) is 141 cm³/mol. The van der Waals surface area contributed by atoms with E-state index in [1.807, 2.05) is 60.7 Å². The number of carbonyl (C=O) groups excluding carboxylic acids is 2. The van der Waals surface area contributed by atoms with Gasteiger partial charge in [0.15, 0.2) is 12.3 Å². The van der Waals surface area contributed by atoms with Crippen molar-refractivity contribution < 1.29 is 27.8 Å². The molecule has 0 radical (unpaired) electrons. The highest BCUT2D eigenvalue weighted by Gasteiger charge is 2.22. The number of ether oxygens (including phenoxy) is 2. The molecule has 0 saturated carbocycles. The Kier molecular flexibility index (Phi) is 7.26. The van der Waals surface area contributed by atoms with Gasteiger partial charge in [-0.2, -0.15) is 13.9 Å². The lowest BCUT2D eigenvalue weighted by Crippen LogP contribution is -2.21. The number of rotatable bonds is 8. The summed E-state index contributed by atoms with van der Waals surface area (Å²) < 4.78 is 36.0. The third kappa shape index (κ3) is 5.74. The number of anilines is 1. The van der Waals surface area contributed by atoms with Gasteiger partial charge in [0.1, 0.15) is 5.75 Å². The number of aryl methyl sites for hydroxylation is 1. The Bertz CT molecular complexity index is 1620. The van der Waals surface area contributed by atoms with Crippen molar-refractivity contribution in [3.63, 3.8) is 0 Å². The molecule has 10 heteroatoms. The van der Waals surface area contributed by atoms with Gasteiger partial charge in [-0.05, 0) is 49.4 Å². The monoisotopic (exact) mass is 528 g/mol. The SMILES string of the molecule is Cc1nn(-c2ccccc2)c2nc(-c3ccccc3)cc(C(=O)OCC(=O)Nc3ccc(OC(F)F)cc3)c12. The fourth-order valence-corrected chi connectivity index (χ4v) is 4.08. The van der Waals surface area contributed by atoms with E-state index in [2.05, 4.69) is 15.2 Å². The van der Waals surface area contributed by atoms with Crippen LogP contribution in [0.2, 0.25) is 0 Å². The van der Waals surface area contributed by atoms with Crippen molar-refractivity contribution in [3.8, 4) is 22.7 Å². The summed E-state index contributed by atoms with van der Waals surface area (Å²) in [6.45, 7) is -1.74. The molecule has 0 saturated heterocycles. The van der Waals surface area contributed by atoms with E-state index in [1.165, 1.54) is 24.3 Å². The first kappa shape index (κ1) is 25.5. The molecule has 0 aliphatic rings. The first-order chi connectivity index (χ1) is 18.9. The van der Waals surface area contributed by atoms with Gasteiger partial charge in [-0.1, -0.05) is 48.5 Å². The first-order valence-corrected chi connectivity index (χ1v) is 11.9. The maximum atomic E-state index is 13.3. The number of hydrogen-bond acceptors (Lipinski definition) is 6. The largest absolute Gasteiger partial charge is 0.452 e. The lowest BCUT2D eigenvalue weighted by atomic mass is 10.1. The molecule has 1 amide bonds. The van der Waals surface area contributed by atoms with Crippen LogP contribution in [-0.2, 0) is 9.53 Å². The average molecular weight is 529 g/mol. The summed E-state index contributed by atoms with van der Waals surface area (Å²) in [7, 11) is 0. The molecule has 0 aliphatic heterocycles. The van der Waals surface area contributed by atoms with Crippen LogP contribution >= 0.6 is 0 Å². The molecule has 3 aromatic carbocycles. The summed E-state index contributed by atoms with van der Waals surface area (Å²) in [4.78, 5) is 30.6. The Labute approximate surface area is 221 Å². The van der Waals surface area contributed by atoms with Gasteiger partial charge in [-0.15, -0.1) is 0 Å². The van der Waals surface area contributed by atoms with Crippen LogP contribution in [0.3, 0.4) is 0 Å². The topological polar surface area (TPSA) is 95.3 Å². The molecular formula is C29H22F2N4O4. The minimum Gasteiger partial charge on any atom is -0.452 e. The van der Waals surface area contributed by atoms with Gasteiger partial charge in [0.05, 0.1) is 28.0 Å². The molecule has 0 aliphatic carbocycles. The molecule has 8 nitrogen and oxygen atoms in total. The van der Waals surface area contributed by atoms with Crippen LogP contribution in [0.5, 0.6) is 5.75 Å². The second-order valence-electron chi connectivity index (χ2n) is 8.48. The number of esters is 1. The van der Waals surface area contributed by atoms with Gasteiger partial charge in [0.2, 0.25) is 0 Å². The van der Waals surface area contributed by atoms with Crippen molar-refractivity contribution >= 4 is 28.6 Å². The normalized spacial score (nSPS) is 11.0. The molecule has 0 atom stereocenters. The van der Waals surface area contributed by atoms with E-state index in [1.54, 1.807) is 17.7 Å². The molecule has 196 valence electrons. The number of amides is 1. The highest BCUT2D eigenvalue weighted by molar-refractivity contribution is 6.06. The van der Waals surface area contributed by atoms with Crippen LogP contribution in [0.15, 0.2) is 91.0 Å². The summed E-state index contributed by atoms with van der Waals surface area (Å²) in [6, 6.07) is 25.8. The van der Waals surface area contributed by atoms with Gasteiger partial charge in [0, 0.05) is 11.3 Å². The highest BCUT2D eigenvalue weighted by atomic mass is 19.3. The molecule has 5 aromatic rings. The summed E-state index contributed by atoms with van der Waals surface area (Å²) in [5.74, 6) is -1.36. The van der Waals surface area contributed by atoms with Crippen molar-refractivity contribution in [2.45, 2.75) is 13.5 Å². The number of nitrogens with one attached hydrogen (secondary N) is 1. The molecule has 2 heterocycles. The number of halogens is 2. The van der Waals surface area contributed by atoms with Crippen LogP contribution in [0.4, 0.5) is 14.5 Å². The predicted octanol–water partition coefficient (Wildman–Crippen LogP) is 5.79. The summed E-state index contributed by atoms with van der Waals surface area (Å²) >= 11 is 0. The smallest absolute Gasteiger partial charge is 0.387 e. The lowest BCUT2D eigenvalue weighted by Gasteiger charge is -2.10. The number of para-hydroxylation sites is 1. The first-order valence-electron chi connectivity index (χ1n) is 11.9. The number of hydrogen-bond donors (Lipinski definition) is 1. The number of pyridine rings is 1. The van der Waals surface area contributed by atoms with Crippen molar-refractivity contribution in [3.05, 3.63) is 102 Å². The van der Waals surface area contributed by atoms with Crippen LogP contribution in [0, 0.1) is 6.92 Å². The molecule has 0 fully saturated rings. The summed E-state index contributed by atoms with van der Waals surface area (Å²) in [6.07, 6.45) is 0. The number of fused-ring (bicyclic) bond motifs is 1. The number of aromatic nitrogens is 3. The maximum Gasteiger partial charge on any atom is 0.387 e. The number of nitrogens with zero attached hydrogens (tertiary/aromatic N) is 3. The second-order valence-corrected chi connectivity index (χ2v) is 8.48. The zero-order chi connectivity index (χ0) is 27.4. The Morgan fingerprint density at radius 2 is 1.62 bits per heavy atom. The van der Waals surface area contributed by atoms with Crippen molar-refractivity contribution in [1.82, 2.24) is 14.8 Å². The molecule has 39 heavy (non-hydrogen) atoms. The van der Waals surface area contributed by atoms with Crippen molar-refractivity contribution in [1.29, 1.82) is 0 Å². The zero-order valence-electron chi connectivity index (χ0n) is 20.7. The Balaban J connectivity index is 1.42. The fourth-order valence-electron chi connectivity index (χ4n) is 4.08. The molecule has 0 spiro atoms. The van der Waals surface area contributed by atoms with E-state index in [-0.39, 0.29) is 11.3 Å².